The highest BCUT2D eigenvalue weighted by atomic mass is 16.5. The average Bonchev–Trinajstić information content (AvgIpc) is 2.83. The van der Waals surface area contributed by atoms with Crippen molar-refractivity contribution in [1.82, 2.24) is 0 Å². The number of benzene rings is 1. The van der Waals surface area contributed by atoms with Crippen LogP contribution in [0.15, 0.2) is 24.3 Å². The number of nitrogens with one attached hydrogen (secondary N) is 1. The van der Waals surface area contributed by atoms with Crippen LogP contribution in [0, 0.1) is 0 Å². The first-order valence-electron chi connectivity index (χ1n) is 6.38. The smallest absolute Gasteiger partial charge is 0.0592 e. The maximum atomic E-state index is 5.59. The molecule has 0 aromatic heterocycles. The fourth-order valence-electron chi connectivity index (χ4n) is 2.13. The zero-order chi connectivity index (χ0) is 12.1. The lowest BCUT2D eigenvalue weighted by molar-refractivity contribution is 0.107. The minimum atomic E-state index is 0.476. The number of hydrogen-bond donors (Lipinski definition) is 1. The first-order chi connectivity index (χ1) is 8.25. The molecule has 0 amide bonds. The highest BCUT2D eigenvalue weighted by Gasteiger charge is 2.14. The Bertz CT molecular complexity index is 329. The molecule has 94 valence electrons. The molecule has 1 saturated heterocycles. The van der Waals surface area contributed by atoms with Crippen molar-refractivity contribution in [2.45, 2.75) is 25.4 Å². The van der Waals surface area contributed by atoms with Crippen LogP contribution in [-0.2, 0) is 4.74 Å². The number of anilines is 2. The Kier molecular flexibility index (Phi) is 4.26. The van der Waals surface area contributed by atoms with Gasteiger partial charge in [0.15, 0.2) is 0 Å². The van der Waals surface area contributed by atoms with Gasteiger partial charge in [-0.05, 0) is 43.5 Å². The van der Waals surface area contributed by atoms with E-state index in [2.05, 4.69) is 48.6 Å². The summed E-state index contributed by atoms with van der Waals surface area (Å²) in [6.07, 6.45) is 4.03. The number of rotatable bonds is 5. The van der Waals surface area contributed by atoms with Crippen LogP contribution in [0.5, 0.6) is 0 Å². The standard InChI is InChI=1S/C14H22N2O/c1-16(2)13-7-5-12(6-8-13)15-10-9-14-4-3-11-17-14/h5-8,14-15H,3-4,9-11H2,1-2H3. The Morgan fingerprint density at radius 2 is 2.06 bits per heavy atom. The van der Waals surface area contributed by atoms with Gasteiger partial charge in [-0.2, -0.15) is 0 Å². The van der Waals surface area contributed by atoms with E-state index in [0.717, 1.165) is 19.6 Å². The van der Waals surface area contributed by atoms with Gasteiger partial charge in [0.1, 0.15) is 0 Å². The molecule has 1 unspecified atom stereocenters. The first-order valence-corrected chi connectivity index (χ1v) is 6.38. The Balaban J connectivity index is 1.74. The number of nitrogens with zero attached hydrogens (tertiary/aromatic N) is 1. The van der Waals surface area contributed by atoms with Crippen molar-refractivity contribution < 1.29 is 4.74 Å². The van der Waals surface area contributed by atoms with Crippen LogP contribution in [0.25, 0.3) is 0 Å². The van der Waals surface area contributed by atoms with Crippen molar-refractivity contribution in [3.05, 3.63) is 24.3 Å². The van der Waals surface area contributed by atoms with Gasteiger partial charge in [-0.3, -0.25) is 0 Å². The normalized spacial score (nSPS) is 19.3. The van der Waals surface area contributed by atoms with Crippen LogP contribution >= 0.6 is 0 Å². The predicted octanol–water partition coefficient (Wildman–Crippen LogP) is 2.73. The molecule has 1 aromatic carbocycles. The van der Waals surface area contributed by atoms with Gasteiger partial charge in [0, 0.05) is 38.6 Å². The third kappa shape index (κ3) is 3.63. The second kappa shape index (κ2) is 5.92. The molecule has 1 N–H and O–H groups in total. The molecule has 0 aliphatic carbocycles. The van der Waals surface area contributed by atoms with Gasteiger partial charge >= 0.3 is 0 Å². The molecule has 1 heterocycles. The predicted molar refractivity (Wildman–Crippen MR) is 72.8 cm³/mol. The molecular weight excluding hydrogens is 212 g/mol. The van der Waals surface area contributed by atoms with E-state index in [1.54, 1.807) is 0 Å². The van der Waals surface area contributed by atoms with Crippen LogP contribution in [-0.4, -0.2) is 33.4 Å². The Labute approximate surface area is 104 Å². The van der Waals surface area contributed by atoms with Gasteiger partial charge in [-0.15, -0.1) is 0 Å². The van der Waals surface area contributed by atoms with Gasteiger partial charge in [0.2, 0.25) is 0 Å². The lowest BCUT2D eigenvalue weighted by atomic mass is 10.2. The highest BCUT2D eigenvalue weighted by Crippen LogP contribution is 2.17. The van der Waals surface area contributed by atoms with Crippen LogP contribution in [0.1, 0.15) is 19.3 Å². The second-order valence-electron chi connectivity index (χ2n) is 4.79. The maximum Gasteiger partial charge on any atom is 0.0592 e. The third-order valence-electron chi connectivity index (χ3n) is 3.20. The molecule has 1 atom stereocenters. The Hall–Kier alpha value is -1.22. The quantitative estimate of drug-likeness (QED) is 0.848. The lowest BCUT2D eigenvalue weighted by Crippen LogP contribution is -2.12. The molecule has 1 aliphatic heterocycles. The number of ether oxygens (including phenoxy) is 1. The summed E-state index contributed by atoms with van der Waals surface area (Å²) in [6.45, 7) is 1.94. The average molecular weight is 234 g/mol. The molecule has 0 spiro atoms. The molecule has 17 heavy (non-hydrogen) atoms. The van der Waals surface area contributed by atoms with E-state index < -0.39 is 0 Å². The minimum Gasteiger partial charge on any atom is -0.385 e. The summed E-state index contributed by atoms with van der Waals surface area (Å²) in [6, 6.07) is 8.53. The minimum absolute atomic E-state index is 0.476. The number of hydrogen-bond acceptors (Lipinski definition) is 3. The highest BCUT2D eigenvalue weighted by molar-refractivity contribution is 5.54. The van der Waals surface area contributed by atoms with Crippen LogP contribution in [0.3, 0.4) is 0 Å². The topological polar surface area (TPSA) is 24.5 Å². The van der Waals surface area contributed by atoms with E-state index in [1.165, 1.54) is 24.2 Å². The fraction of sp³-hybridized carbons (Fsp3) is 0.571. The Morgan fingerprint density at radius 3 is 2.65 bits per heavy atom. The molecule has 0 saturated carbocycles. The zero-order valence-electron chi connectivity index (χ0n) is 10.8. The molecule has 1 aliphatic rings. The molecule has 1 aromatic rings. The molecule has 1 fully saturated rings. The van der Waals surface area contributed by atoms with Crippen molar-refractivity contribution >= 4 is 11.4 Å². The van der Waals surface area contributed by atoms with Crippen molar-refractivity contribution in [2.24, 2.45) is 0 Å². The van der Waals surface area contributed by atoms with Crippen molar-refractivity contribution in [3.63, 3.8) is 0 Å². The lowest BCUT2D eigenvalue weighted by Gasteiger charge is -2.14. The SMILES string of the molecule is CN(C)c1ccc(NCCC2CCCO2)cc1. The molecule has 0 radical (unpaired) electrons. The fourth-order valence-corrected chi connectivity index (χ4v) is 2.13. The van der Waals surface area contributed by atoms with Gasteiger partial charge in [-0.25, -0.2) is 0 Å². The van der Waals surface area contributed by atoms with Gasteiger partial charge in [0.05, 0.1) is 6.10 Å². The zero-order valence-corrected chi connectivity index (χ0v) is 10.8. The summed E-state index contributed by atoms with van der Waals surface area (Å²) in [5, 5.41) is 3.44. The van der Waals surface area contributed by atoms with Gasteiger partial charge in [0.25, 0.3) is 0 Å². The van der Waals surface area contributed by atoms with Crippen molar-refractivity contribution in [2.75, 3.05) is 37.5 Å². The van der Waals surface area contributed by atoms with E-state index in [4.69, 9.17) is 4.74 Å². The van der Waals surface area contributed by atoms with Crippen LogP contribution in [0.2, 0.25) is 0 Å². The third-order valence-corrected chi connectivity index (χ3v) is 3.20. The van der Waals surface area contributed by atoms with Crippen LogP contribution < -0.4 is 10.2 Å². The first kappa shape index (κ1) is 12.2. The molecular formula is C14H22N2O. The summed E-state index contributed by atoms with van der Waals surface area (Å²) in [4.78, 5) is 2.11. The van der Waals surface area contributed by atoms with Crippen molar-refractivity contribution in [3.8, 4) is 0 Å². The molecule has 3 heteroatoms. The molecule has 0 bridgehead atoms. The molecule has 3 nitrogen and oxygen atoms in total. The summed E-state index contributed by atoms with van der Waals surface area (Å²) < 4.78 is 5.59. The van der Waals surface area contributed by atoms with E-state index in [9.17, 15) is 0 Å². The van der Waals surface area contributed by atoms with E-state index in [-0.39, 0.29) is 0 Å². The Morgan fingerprint density at radius 1 is 1.29 bits per heavy atom. The maximum absolute atomic E-state index is 5.59. The monoisotopic (exact) mass is 234 g/mol. The second-order valence-corrected chi connectivity index (χ2v) is 4.79. The van der Waals surface area contributed by atoms with E-state index >= 15 is 0 Å². The van der Waals surface area contributed by atoms with Gasteiger partial charge in [-0.1, -0.05) is 0 Å². The van der Waals surface area contributed by atoms with Crippen molar-refractivity contribution in [1.29, 1.82) is 0 Å². The van der Waals surface area contributed by atoms with E-state index in [0.29, 0.717) is 6.10 Å². The summed E-state index contributed by atoms with van der Waals surface area (Å²) in [5.74, 6) is 0. The van der Waals surface area contributed by atoms with E-state index in [1.807, 2.05) is 0 Å². The largest absolute Gasteiger partial charge is 0.385 e. The van der Waals surface area contributed by atoms with Crippen LogP contribution in [0.4, 0.5) is 11.4 Å². The summed E-state index contributed by atoms with van der Waals surface area (Å²) >= 11 is 0. The van der Waals surface area contributed by atoms with Gasteiger partial charge < -0.3 is 15.0 Å². The summed E-state index contributed by atoms with van der Waals surface area (Å²) in [7, 11) is 4.11. The summed E-state index contributed by atoms with van der Waals surface area (Å²) in [5.41, 5.74) is 2.42. The molecule has 2 rings (SSSR count).